The summed E-state index contributed by atoms with van der Waals surface area (Å²) in [6.07, 6.45) is 11.2. The smallest absolute Gasteiger partial charge is 0.223 e. The van der Waals surface area contributed by atoms with Gasteiger partial charge in [0.1, 0.15) is 11.4 Å². The van der Waals surface area contributed by atoms with E-state index in [1.807, 2.05) is 39.0 Å². The van der Waals surface area contributed by atoms with Crippen molar-refractivity contribution in [3.8, 4) is 5.82 Å². The lowest BCUT2D eigenvalue weighted by Gasteiger charge is -2.35. The highest BCUT2D eigenvalue weighted by Gasteiger charge is 2.38. The van der Waals surface area contributed by atoms with Crippen LogP contribution in [0.2, 0.25) is 0 Å². The first-order valence-corrected chi connectivity index (χ1v) is 14.2. The summed E-state index contributed by atoms with van der Waals surface area (Å²) in [7, 11) is 0. The average Bonchev–Trinajstić information content (AvgIpc) is 3.30. The number of pyridine rings is 2. The van der Waals surface area contributed by atoms with Crippen molar-refractivity contribution in [2.24, 2.45) is 5.92 Å². The first-order chi connectivity index (χ1) is 19.6. The first-order valence-electron chi connectivity index (χ1n) is 14.2. The van der Waals surface area contributed by atoms with E-state index in [1.54, 1.807) is 12.3 Å². The van der Waals surface area contributed by atoms with E-state index in [4.69, 9.17) is 4.98 Å². The molecule has 4 N–H and O–H groups in total. The summed E-state index contributed by atoms with van der Waals surface area (Å²) in [6, 6.07) is 7.62. The fourth-order valence-corrected chi connectivity index (χ4v) is 5.53. The Balaban J connectivity index is 1.19. The first kappa shape index (κ1) is 28.5. The van der Waals surface area contributed by atoms with E-state index in [1.165, 1.54) is 10.9 Å². The predicted octanol–water partition coefficient (Wildman–Crippen LogP) is 4.95. The number of nitrogens with one attached hydrogen (secondary N) is 3. The SMILES string of the molecule is CC1=CC(Nc2cc(C)cc(C3(O)CCC(C(=O)N[C@@H](C)c4ccc(-n5cc(F)cn5)nc4)CC3)n2)=CCC(C)N1. The van der Waals surface area contributed by atoms with E-state index < -0.39 is 11.4 Å². The maximum Gasteiger partial charge on any atom is 0.223 e. The fraction of sp³-hybridized carbons (Fsp3) is 0.419. The molecule has 5 rings (SSSR count). The Kier molecular flexibility index (Phi) is 8.21. The van der Waals surface area contributed by atoms with Crippen LogP contribution in [0.3, 0.4) is 0 Å². The summed E-state index contributed by atoms with van der Waals surface area (Å²) in [5.74, 6) is 0.527. The van der Waals surface area contributed by atoms with Gasteiger partial charge in [-0.3, -0.25) is 4.79 Å². The number of hydrogen-bond donors (Lipinski definition) is 4. The van der Waals surface area contributed by atoms with Crippen molar-refractivity contribution in [1.82, 2.24) is 30.4 Å². The van der Waals surface area contributed by atoms with Crippen LogP contribution in [0.5, 0.6) is 0 Å². The van der Waals surface area contributed by atoms with Crippen molar-refractivity contribution >= 4 is 11.7 Å². The number of aryl methyl sites for hydroxylation is 1. The van der Waals surface area contributed by atoms with Crippen molar-refractivity contribution in [2.45, 2.75) is 77.5 Å². The quantitative estimate of drug-likeness (QED) is 0.324. The van der Waals surface area contributed by atoms with E-state index >= 15 is 0 Å². The molecule has 1 amide bonds. The molecule has 10 heteroatoms. The van der Waals surface area contributed by atoms with Crippen molar-refractivity contribution in [1.29, 1.82) is 0 Å². The van der Waals surface area contributed by atoms with E-state index in [0.29, 0.717) is 49.1 Å². The van der Waals surface area contributed by atoms with Crippen LogP contribution in [0.4, 0.5) is 10.2 Å². The zero-order valence-electron chi connectivity index (χ0n) is 24.0. The van der Waals surface area contributed by atoms with Gasteiger partial charge in [0, 0.05) is 29.6 Å². The molecule has 0 spiro atoms. The summed E-state index contributed by atoms with van der Waals surface area (Å²) < 4.78 is 14.6. The third kappa shape index (κ3) is 6.82. The third-order valence-corrected chi connectivity index (χ3v) is 7.86. The van der Waals surface area contributed by atoms with E-state index in [-0.39, 0.29) is 17.9 Å². The molecule has 4 heterocycles. The maximum absolute atomic E-state index is 13.3. The number of aromatic nitrogens is 4. The molecule has 1 aliphatic heterocycles. The standard InChI is InChI=1S/C31H38FN7O2/c1-19-13-27(38-28(14-19)37-26-7-5-20(2)35-21(3)15-26)31(41)11-9-23(10-12-31)30(40)36-22(4)24-6-8-29(33-16-24)39-18-25(32)17-34-39/h6-8,13-18,20,22-23,35,41H,5,9-12H2,1-4H3,(H,36,40)(H,37,38)/t20?,22-,23?,31?/m0/s1. The highest BCUT2D eigenvalue weighted by Crippen LogP contribution is 2.40. The Labute approximate surface area is 240 Å². The molecule has 3 aromatic heterocycles. The number of nitrogens with zero attached hydrogens (tertiary/aromatic N) is 4. The van der Waals surface area contributed by atoms with Crippen LogP contribution in [0.1, 0.15) is 75.7 Å². The summed E-state index contributed by atoms with van der Waals surface area (Å²) in [6.45, 7) is 8.10. The monoisotopic (exact) mass is 559 g/mol. The average molecular weight is 560 g/mol. The molecule has 2 atom stereocenters. The summed E-state index contributed by atoms with van der Waals surface area (Å²) in [5.41, 5.74) is 3.46. The second-order valence-corrected chi connectivity index (χ2v) is 11.4. The van der Waals surface area contributed by atoms with Crippen LogP contribution in [-0.2, 0) is 10.4 Å². The number of hydrogen-bond acceptors (Lipinski definition) is 7. The van der Waals surface area contributed by atoms with Gasteiger partial charge in [0.2, 0.25) is 5.91 Å². The molecule has 2 aliphatic rings. The predicted molar refractivity (Wildman–Crippen MR) is 155 cm³/mol. The second kappa shape index (κ2) is 11.8. The third-order valence-electron chi connectivity index (χ3n) is 7.86. The Morgan fingerprint density at radius 2 is 2.00 bits per heavy atom. The molecular formula is C31H38FN7O2. The number of anilines is 1. The molecule has 216 valence electrons. The minimum atomic E-state index is -1.09. The molecule has 0 saturated heterocycles. The Hall–Kier alpha value is -4.05. The maximum atomic E-state index is 13.3. The number of allylic oxidation sites excluding steroid dienone is 2. The fourth-order valence-electron chi connectivity index (χ4n) is 5.53. The van der Waals surface area contributed by atoms with Crippen molar-refractivity contribution in [3.05, 3.63) is 89.0 Å². The van der Waals surface area contributed by atoms with Gasteiger partial charge in [-0.25, -0.2) is 19.0 Å². The van der Waals surface area contributed by atoms with Gasteiger partial charge in [-0.1, -0.05) is 12.1 Å². The van der Waals surface area contributed by atoms with Crippen molar-refractivity contribution in [3.63, 3.8) is 0 Å². The summed E-state index contributed by atoms with van der Waals surface area (Å²) >= 11 is 0. The van der Waals surface area contributed by atoms with Gasteiger partial charge < -0.3 is 21.1 Å². The molecule has 3 aromatic rings. The van der Waals surface area contributed by atoms with Gasteiger partial charge in [-0.05, 0) is 95.2 Å². The zero-order chi connectivity index (χ0) is 29.1. The molecule has 1 unspecified atom stereocenters. The molecule has 9 nitrogen and oxygen atoms in total. The normalized spacial score (nSPS) is 23.5. The molecule has 0 bridgehead atoms. The zero-order valence-corrected chi connectivity index (χ0v) is 24.0. The Morgan fingerprint density at radius 1 is 1.22 bits per heavy atom. The van der Waals surface area contributed by atoms with Crippen molar-refractivity contribution in [2.75, 3.05) is 5.32 Å². The Bertz CT molecular complexity index is 1460. The highest BCUT2D eigenvalue weighted by atomic mass is 19.1. The molecule has 0 aromatic carbocycles. The van der Waals surface area contributed by atoms with Crippen LogP contribution in [0.25, 0.3) is 5.82 Å². The number of aliphatic hydroxyl groups is 1. The minimum absolute atomic E-state index is 0.0392. The molecular weight excluding hydrogens is 521 g/mol. The highest BCUT2D eigenvalue weighted by molar-refractivity contribution is 5.79. The van der Waals surface area contributed by atoms with Gasteiger partial charge in [0.25, 0.3) is 0 Å². The lowest BCUT2D eigenvalue weighted by Crippen LogP contribution is -2.39. The number of carbonyl (C=O) groups is 1. The van der Waals surface area contributed by atoms with Crippen molar-refractivity contribution < 1.29 is 14.3 Å². The van der Waals surface area contributed by atoms with Gasteiger partial charge in [0.15, 0.2) is 11.6 Å². The molecule has 1 saturated carbocycles. The molecule has 1 aliphatic carbocycles. The number of amides is 1. The number of halogens is 1. The largest absolute Gasteiger partial charge is 0.386 e. The minimum Gasteiger partial charge on any atom is -0.386 e. The van der Waals surface area contributed by atoms with E-state index in [2.05, 4.69) is 45.1 Å². The van der Waals surface area contributed by atoms with Crippen LogP contribution >= 0.6 is 0 Å². The van der Waals surface area contributed by atoms with Crippen LogP contribution in [0, 0.1) is 18.7 Å². The van der Waals surface area contributed by atoms with Crippen LogP contribution in [-0.4, -0.2) is 36.8 Å². The van der Waals surface area contributed by atoms with E-state index in [0.717, 1.165) is 35.1 Å². The topological polar surface area (TPSA) is 117 Å². The van der Waals surface area contributed by atoms with E-state index in [9.17, 15) is 14.3 Å². The summed E-state index contributed by atoms with van der Waals surface area (Å²) in [5, 5.41) is 25.5. The lowest BCUT2D eigenvalue weighted by atomic mass is 9.76. The summed E-state index contributed by atoms with van der Waals surface area (Å²) in [4.78, 5) is 22.3. The lowest BCUT2D eigenvalue weighted by molar-refractivity contribution is -0.128. The van der Waals surface area contributed by atoms with Gasteiger partial charge in [0.05, 0.1) is 24.1 Å². The second-order valence-electron chi connectivity index (χ2n) is 11.4. The van der Waals surface area contributed by atoms with Crippen LogP contribution < -0.4 is 16.0 Å². The van der Waals surface area contributed by atoms with Gasteiger partial charge >= 0.3 is 0 Å². The van der Waals surface area contributed by atoms with Crippen LogP contribution in [0.15, 0.2) is 66.4 Å². The Morgan fingerprint density at radius 3 is 2.68 bits per heavy atom. The van der Waals surface area contributed by atoms with Gasteiger partial charge in [-0.15, -0.1) is 0 Å². The molecule has 1 fully saturated rings. The molecule has 0 radical (unpaired) electrons. The number of rotatable bonds is 7. The number of carbonyl (C=O) groups excluding carboxylic acids is 1. The molecule has 41 heavy (non-hydrogen) atoms. The van der Waals surface area contributed by atoms with Gasteiger partial charge in [-0.2, -0.15) is 5.10 Å².